The topological polar surface area (TPSA) is 177 Å². The van der Waals surface area contributed by atoms with Gasteiger partial charge in [0.05, 0.1) is 11.6 Å². The van der Waals surface area contributed by atoms with Crippen molar-refractivity contribution in [3.8, 4) is 5.75 Å². The molecule has 14 heteroatoms. The molecule has 5 atom stereocenters. The number of carbonyl (C=O) groups is 3. The molecule has 3 aliphatic carbocycles. The first-order valence-electron chi connectivity index (χ1n) is 13.4. The normalized spacial score (nSPS) is 26.0. The van der Waals surface area contributed by atoms with Gasteiger partial charge in [-0.25, -0.2) is 0 Å². The minimum atomic E-state index is -4.54. The van der Waals surface area contributed by atoms with Gasteiger partial charge in [-0.2, -0.15) is 13.2 Å². The molecule has 0 bridgehead atoms. The Balaban J connectivity index is 0.00000506. The molecule has 0 saturated heterocycles. The number of aromatic hydroxyl groups is 1. The van der Waals surface area contributed by atoms with Crippen LogP contribution < -0.4 is 16.0 Å². The van der Waals surface area contributed by atoms with Crippen LogP contribution in [0.2, 0.25) is 0 Å². The lowest BCUT2D eigenvalue weighted by atomic mass is 9.57. The van der Waals surface area contributed by atoms with Gasteiger partial charge in [0.2, 0.25) is 5.78 Å². The van der Waals surface area contributed by atoms with Crippen molar-refractivity contribution in [3.05, 3.63) is 39.7 Å². The van der Waals surface area contributed by atoms with Gasteiger partial charge < -0.3 is 36.4 Å². The number of phenols is 1. The molecule has 2 unspecified atom stereocenters. The third-order valence-electron chi connectivity index (χ3n) is 8.60. The number of hydrogen-bond donors (Lipinski definition) is 6. The summed E-state index contributed by atoms with van der Waals surface area (Å²) < 4.78 is 40.1. The first-order chi connectivity index (χ1) is 19.4. The second-order valence-corrected chi connectivity index (χ2v) is 11.5. The second-order valence-electron chi connectivity index (χ2n) is 11.5. The monoisotopic (exact) mass is 612 g/mol. The lowest BCUT2D eigenvalue weighted by Crippen LogP contribution is -2.65. The Hall–Kier alpha value is -3.62. The van der Waals surface area contributed by atoms with Crippen LogP contribution in [0.4, 0.5) is 18.9 Å². The number of alkyl halides is 3. The fourth-order valence-corrected chi connectivity index (χ4v) is 6.60. The standard InChI is InChI=1S/C28H35F3N4O7.CH4/c1-6-16(28(29,30)31)33-10-12-9-15(34(2)3)13-7-11-8-14-20(35(4)5)23(38)19(26(32)41)25(40)27(14,42)24(39)17(11)22(37)18(13)21(12)36;/h9,11,14,16,20,33,36-37,40,42H,6-8,10H2,1-5H3,(H2,32,41);1H4/t11-,14-,16?,20?,27-;/m0./s1. The van der Waals surface area contributed by atoms with Crippen LogP contribution in [-0.4, -0.2) is 94.9 Å². The third-order valence-corrected chi connectivity index (χ3v) is 8.60. The summed E-state index contributed by atoms with van der Waals surface area (Å²) >= 11 is 0. The lowest BCUT2D eigenvalue weighted by molar-refractivity contribution is -0.157. The summed E-state index contributed by atoms with van der Waals surface area (Å²) in [4.78, 5) is 42.4. The van der Waals surface area contributed by atoms with Crippen LogP contribution >= 0.6 is 0 Å². The van der Waals surface area contributed by atoms with Gasteiger partial charge in [-0.05, 0) is 50.9 Å². The third kappa shape index (κ3) is 5.14. The lowest BCUT2D eigenvalue weighted by Gasteiger charge is -2.50. The van der Waals surface area contributed by atoms with E-state index in [9.17, 15) is 48.0 Å². The highest BCUT2D eigenvalue weighted by Crippen LogP contribution is 2.54. The number of phenolic OH excluding ortho intramolecular Hbond substituents is 1. The number of likely N-dealkylation sites (N-methyl/N-ethyl adjacent to an activating group) is 1. The number of fused-ring (bicyclic) bond motifs is 3. The van der Waals surface area contributed by atoms with Crippen molar-refractivity contribution in [2.75, 3.05) is 33.1 Å². The minimum absolute atomic E-state index is 0. The van der Waals surface area contributed by atoms with Crippen LogP contribution in [-0.2, 0) is 27.3 Å². The molecule has 0 aromatic heterocycles. The quantitative estimate of drug-likeness (QED) is 0.250. The maximum absolute atomic E-state index is 14.0. The highest BCUT2D eigenvalue weighted by Gasteiger charge is 2.64. The predicted molar refractivity (Wildman–Crippen MR) is 152 cm³/mol. The van der Waals surface area contributed by atoms with Crippen molar-refractivity contribution in [1.82, 2.24) is 10.2 Å². The van der Waals surface area contributed by atoms with Crippen LogP contribution in [0.3, 0.4) is 0 Å². The first-order valence-corrected chi connectivity index (χ1v) is 13.4. The van der Waals surface area contributed by atoms with Gasteiger partial charge in [-0.15, -0.1) is 0 Å². The summed E-state index contributed by atoms with van der Waals surface area (Å²) in [6.45, 7) is 0.946. The van der Waals surface area contributed by atoms with Crippen molar-refractivity contribution >= 4 is 28.9 Å². The van der Waals surface area contributed by atoms with Crippen LogP contribution in [0.15, 0.2) is 23.0 Å². The Labute approximate surface area is 247 Å². The van der Waals surface area contributed by atoms with Gasteiger partial charge in [-0.3, -0.25) is 19.3 Å². The van der Waals surface area contributed by atoms with E-state index < -0.39 is 82.6 Å². The number of nitrogens with one attached hydrogen (secondary N) is 1. The molecule has 1 amide bonds. The summed E-state index contributed by atoms with van der Waals surface area (Å²) in [5.74, 6) is -7.81. The highest BCUT2D eigenvalue weighted by molar-refractivity contribution is 6.24. The van der Waals surface area contributed by atoms with Gasteiger partial charge in [0.25, 0.3) is 5.91 Å². The average Bonchev–Trinajstić information content (AvgIpc) is 2.86. The number of hydrogen-bond acceptors (Lipinski definition) is 10. The maximum atomic E-state index is 14.0. The number of Topliss-reactive ketones (excluding diaryl/α,β-unsaturated/α-hetero) is 2. The number of primary amides is 1. The predicted octanol–water partition coefficient (Wildman–Crippen LogP) is 2.10. The number of benzene rings is 1. The maximum Gasteiger partial charge on any atom is 0.403 e. The Bertz CT molecular complexity index is 1420. The van der Waals surface area contributed by atoms with E-state index in [2.05, 4.69) is 5.32 Å². The van der Waals surface area contributed by atoms with Crippen molar-refractivity contribution < 1.29 is 48.0 Å². The molecule has 3 aliphatic rings. The smallest absolute Gasteiger partial charge is 0.403 e. The summed E-state index contributed by atoms with van der Waals surface area (Å²) in [6.07, 6.45) is -4.82. The number of halogens is 3. The first kappa shape index (κ1) is 33.9. The fraction of sp³-hybridized carbons (Fsp3) is 0.552. The average molecular weight is 613 g/mol. The Morgan fingerprint density at radius 3 is 2.28 bits per heavy atom. The van der Waals surface area contributed by atoms with E-state index >= 15 is 0 Å². The van der Waals surface area contributed by atoms with Crippen molar-refractivity contribution in [2.24, 2.45) is 17.6 Å². The number of ketones is 2. The van der Waals surface area contributed by atoms with Crippen molar-refractivity contribution in [2.45, 2.75) is 64.0 Å². The number of nitrogens with zero attached hydrogens (tertiary/aromatic N) is 2. The summed E-state index contributed by atoms with van der Waals surface area (Å²) in [5, 5.41) is 47.7. The van der Waals surface area contributed by atoms with E-state index in [0.29, 0.717) is 11.3 Å². The zero-order chi connectivity index (χ0) is 31.6. The largest absolute Gasteiger partial charge is 0.508 e. The van der Waals surface area contributed by atoms with Gasteiger partial charge in [-0.1, -0.05) is 14.4 Å². The van der Waals surface area contributed by atoms with E-state index in [1.54, 1.807) is 19.0 Å². The van der Waals surface area contributed by atoms with Gasteiger partial charge in [0, 0.05) is 43.4 Å². The van der Waals surface area contributed by atoms with Gasteiger partial charge >= 0.3 is 6.18 Å². The summed E-state index contributed by atoms with van der Waals surface area (Å²) in [7, 11) is 6.36. The highest BCUT2D eigenvalue weighted by atomic mass is 19.4. The molecule has 0 radical (unpaired) electrons. The molecular weight excluding hydrogens is 573 g/mol. The number of aliphatic hydroxyl groups excluding tert-OH is 2. The fourth-order valence-electron chi connectivity index (χ4n) is 6.60. The summed E-state index contributed by atoms with van der Waals surface area (Å²) in [5.41, 5.74) is 2.02. The number of rotatable bonds is 7. The molecule has 238 valence electrons. The molecule has 0 spiro atoms. The number of anilines is 1. The molecule has 11 nitrogen and oxygen atoms in total. The molecule has 4 rings (SSSR count). The van der Waals surface area contributed by atoms with E-state index in [4.69, 9.17) is 5.73 Å². The van der Waals surface area contributed by atoms with Crippen LogP contribution in [0.5, 0.6) is 5.75 Å². The molecule has 0 heterocycles. The zero-order valence-electron chi connectivity index (χ0n) is 23.8. The van der Waals surface area contributed by atoms with Crippen molar-refractivity contribution in [3.63, 3.8) is 0 Å². The van der Waals surface area contributed by atoms with Crippen molar-refractivity contribution in [1.29, 1.82) is 0 Å². The van der Waals surface area contributed by atoms with Crippen LogP contribution in [0.25, 0.3) is 5.76 Å². The molecular formula is C29H39F3N4O7. The molecule has 1 fully saturated rings. The van der Waals surface area contributed by atoms with Crippen LogP contribution in [0.1, 0.15) is 43.9 Å². The van der Waals surface area contributed by atoms with E-state index in [1.807, 2.05) is 0 Å². The van der Waals surface area contributed by atoms with E-state index in [0.717, 1.165) is 0 Å². The molecule has 1 saturated carbocycles. The number of nitrogens with two attached hydrogens (primary N) is 1. The minimum Gasteiger partial charge on any atom is -0.508 e. The van der Waals surface area contributed by atoms with Crippen LogP contribution in [0, 0.1) is 11.8 Å². The Morgan fingerprint density at radius 1 is 1.19 bits per heavy atom. The molecule has 0 aliphatic heterocycles. The number of amides is 1. The molecule has 1 aromatic carbocycles. The second kappa shape index (κ2) is 11.5. The zero-order valence-corrected chi connectivity index (χ0v) is 23.8. The van der Waals surface area contributed by atoms with Gasteiger partial charge in [0.15, 0.2) is 11.4 Å². The van der Waals surface area contributed by atoms with Gasteiger partial charge in [0.1, 0.15) is 28.9 Å². The van der Waals surface area contributed by atoms with E-state index in [1.165, 1.54) is 32.0 Å². The van der Waals surface area contributed by atoms with E-state index in [-0.39, 0.29) is 43.4 Å². The summed E-state index contributed by atoms with van der Waals surface area (Å²) in [6, 6.07) is -1.56. The molecule has 1 aromatic rings. The molecule has 43 heavy (non-hydrogen) atoms. The molecule has 7 N–H and O–H groups in total. The Kier molecular flexibility index (Phi) is 9.04. The number of carbonyl (C=O) groups excluding carboxylic acids is 3. The number of aliphatic hydroxyl groups is 3. The SMILES string of the molecule is C.CCC(NCc1cc(N(C)C)c2c(c1O)C(O)=C1C(=O)[C@]3(O)C(O)=C(C(N)=O)C(=O)C(N(C)C)[C@@H]3C[C@@H]1C2)C(F)(F)F. The Morgan fingerprint density at radius 2 is 1.79 bits per heavy atom.